The molecule has 0 saturated carbocycles. The number of aromatic nitrogens is 3. The van der Waals surface area contributed by atoms with Crippen LogP contribution in [0, 0.1) is 11.3 Å². The van der Waals surface area contributed by atoms with Crippen molar-refractivity contribution >= 4 is 22.4 Å². The van der Waals surface area contributed by atoms with Gasteiger partial charge in [0.25, 0.3) is 5.91 Å². The minimum Gasteiger partial charge on any atom is -0.296 e. The Bertz CT molecular complexity index is 854. The number of thiazole rings is 1. The molecule has 0 spiro atoms. The molecular weight excluding hydrogens is 298 g/mol. The van der Waals surface area contributed by atoms with Crippen molar-refractivity contribution in [3.05, 3.63) is 59.4 Å². The Balaban J connectivity index is 1.83. The van der Waals surface area contributed by atoms with Crippen molar-refractivity contribution in [3.63, 3.8) is 0 Å². The second-order valence-corrected chi connectivity index (χ2v) is 5.25. The van der Waals surface area contributed by atoms with Gasteiger partial charge in [-0.05, 0) is 24.3 Å². The Hall–Kier alpha value is -3.11. The van der Waals surface area contributed by atoms with E-state index in [4.69, 9.17) is 5.26 Å². The maximum absolute atomic E-state index is 12.2. The van der Waals surface area contributed by atoms with Crippen molar-refractivity contribution in [1.82, 2.24) is 15.0 Å². The van der Waals surface area contributed by atoms with Crippen LogP contribution in [0.2, 0.25) is 0 Å². The average molecular weight is 307 g/mol. The fourth-order valence-corrected chi connectivity index (χ4v) is 2.37. The number of amides is 1. The summed E-state index contributed by atoms with van der Waals surface area (Å²) in [5.74, 6) is -0.378. The zero-order valence-corrected chi connectivity index (χ0v) is 12.0. The first-order valence-electron chi connectivity index (χ1n) is 6.32. The second kappa shape index (κ2) is 6.11. The van der Waals surface area contributed by atoms with Gasteiger partial charge in [0.2, 0.25) is 0 Å². The van der Waals surface area contributed by atoms with Gasteiger partial charge in [-0.2, -0.15) is 5.26 Å². The SMILES string of the molecule is N#Cc1cnc(NC(=O)c2cccc(-c3ccccn3)n2)s1. The third-order valence-electron chi connectivity index (χ3n) is 2.75. The molecule has 7 heteroatoms. The van der Waals surface area contributed by atoms with Gasteiger partial charge in [0, 0.05) is 6.20 Å². The molecule has 1 amide bonds. The van der Waals surface area contributed by atoms with E-state index in [1.165, 1.54) is 6.20 Å². The Morgan fingerprint density at radius 3 is 2.73 bits per heavy atom. The minimum absolute atomic E-state index is 0.261. The Morgan fingerprint density at radius 2 is 2.00 bits per heavy atom. The number of carbonyl (C=O) groups excluding carboxylic acids is 1. The summed E-state index contributed by atoms with van der Waals surface area (Å²) in [6.07, 6.45) is 3.08. The molecular formula is C15H9N5OS. The molecule has 3 aromatic rings. The van der Waals surface area contributed by atoms with Crippen LogP contribution in [0.15, 0.2) is 48.8 Å². The van der Waals surface area contributed by atoms with Gasteiger partial charge in [-0.15, -0.1) is 0 Å². The fraction of sp³-hybridized carbons (Fsp3) is 0. The van der Waals surface area contributed by atoms with Crippen molar-refractivity contribution < 1.29 is 4.79 Å². The molecule has 1 N–H and O–H groups in total. The van der Waals surface area contributed by atoms with E-state index in [0.29, 0.717) is 21.4 Å². The molecule has 0 aromatic carbocycles. The van der Waals surface area contributed by atoms with Crippen LogP contribution in [0.4, 0.5) is 5.13 Å². The summed E-state index contributed by atoms with van der Waals surface area (Å²) in [6, 6.07) is 12.6. The topological polar surface area (TPSA) is 91.6 Å². The van der Waals surface area contributed by atoms with Crippen molar-refractivity contribution in [3.8, 4) is 17.5 Å². The first-order chi connectivity index (χ1) is 10.8. The summed E-state index contributed by atoms with van der Waals surface area (Å²) in [5.41, 5.74) is 1.57. The van der Waals surface area contributed by atoms with Crippen LogP contribution in [0.3, 0.4) is 0 Å². The molecule has 22 heavy (non-hydrogen) atoms. The number of nitrogens with one attached hydrogen (secondary N) is 1. The number of hydrogen-bond donors (Lipinski definition) is 1. The maximum Gasteiger partial charge on any atom is 0.276 e. The minimum atomic E-state index is -0.378. The zero-order valence-electron chi connectivity index (χ0n) is 11.2. The highest BCUT2D eigenvalue weighted by molar-refractivity contribution is 7.16. The lowest BCUT2D eigenvalue weighted by atomic mass is 10.2. The second-order valence-electron chi connectivity index (χ2n) is 4.22. The van der Waals surface area contributed by atoms with E-state index >= 15 is 0 Å². The smallest absolute Gasteiger partial charge is 0.276 e. The van der Waals surface area contributed by atoms with Crippen LogP contribution in [-0.4, -0.2) is 20.9 Å². The molecule has 106 valence electrons. The van der Waals surface area contributed by atoms with E-state index in [-0.39, 0.29) is 11.6 Å². The fourth-order valence-electron chi connectivity index (χ4n) is 1.76. The van der Waals surface area contributed by atoms with Gasteiger partial charge in [0.05, 0.1) is 17.6 Å². The highest BCUT2D eigenvalue weighted by atomic mass is 32.1. The van der Waals surface area contributed by atoms with Crippen LogP contribution >= 0.6 is 11.3 Å². The van der Waals surface area contributed by atoms with Gasteiger partial charge in [-0.25, -0.2) is 9.97 Å². The largest absolute Gasteiger partial charge is 0.296 e. The zero-order chi connectivity index (χ0) is 15.4. The van der Waals surface area contributed by atoms with Crippen LogP contribution in [0.25, 0.3) is 11.4 Å². The van der Waals surface area contributed by atoms with Crippen LogP contribution < -0.4 is 5.32 Å². The predicted molar refractivity (Wildman–Crippen MR) is 82.3 cm³/mol. The number of nitriles is 1. The molecule has 0 bridgehead atoms. The monoisotopic (exact) mass is 307 g/mol. The first kappa shape index (κ1) is 13.9. The molecule has 0 saturated heterocycles. The molecule has 0 unspecified atom stereocenters. The Morgan fingerprint density at radius 1 is 1.14 bits per heavy atom. The Kier molecular flexibility index (Phi) is 3.85. The van der Waals surface area contributed by atoms with E-state index in [9.17, 15) is 4.79 Å². The summed E-state index contributed by atoms with van der Waals surface area (Å²) in [5, 5.41) is 11.7. The van der Waals surface area contributed by atoms with Crippen molar-refractivity contribution in [2.45, 2.75) is 0 Å². The van der Waals surface area contributed by atoms with Crippen molar-refractivity contribution in [2.24, 2.45) is 0 Å². The molecule has 3 aromatic heterocycles. The van der Waals surface area contributed by atoms with Crippen LogP contribution in [0.1, 0.15) is 15.4 Å². The summed E-state index contributed by atoms with van der Waals surface area (Å²) < 4.78 is 0. The molecule has 0 aliphatic heterocycles. The number of anilines is 1. The molecule has 0 aliphatic rings. The quantitative estimate of drug-likeness (QED) is 0.803. The van der Waals surface area contributed by atoms with E-state index in [1.54, 1.807) is 24.4 Å². The summed E-state index contributed by atoms with van der Waals surface area (Å²) >= 11 is 1.11. The summed E-state index contributed by atoms with van der Waals surface area (Å²) in [4.78, 5) is 25.1. The maximum atomic E-state index is 12.2. The number of nitrogens with zero attached hydrogens (tertiary/aromatic N) is 4. The molecule has 0 atom stereocenters. The van der Waals surface area contributed by atoms with Gasteiger partial charge in [0.15, 0.2) is 5.13 Å². The number of carbonyl (C=O) groups is 1. The van der Waals surface area contributed by atoms with Gasteiger partial charge >= 0.3 is 0 Å². The highest BCUT2D eigenvalue weighted by Gasteiger charge is 2.11. The average Bonchev–Trinajstić information content (AvgIpc) is 3.03. The standard InChI is InChI=1S/C15H9N5OS/c16-8-10-9-18-15(22-10)20-14(21)13-6-3-5-12(19-13)11-4-1-2-7-17-11/h1-7,9H,(H,18,20,21). The molecule has 6 nitrogen and oxygen atoms in total. The molecule has 0 radical (unpaired) electrons. The molecule has 0 aliphatic carbocycles. The number of hydrogen-bond acceptors (Lipinski definition) is 6. The van der Waals surface area contributed by atoms with Gasteiger partial charge in [-0.3, -0.25) is 15.1 Å². The van der Waals surface area contributed by atoms with Crippen molar-refractivity contribution in [1.29, 1.82) is 5.26 Å². The Labute approximate surface area is 130 Å². The van der Waals surface area contributed by atoms with Gasteiger partial charge < -0.3 is 0 Å². The van der Waals surface area contributed by atoms with Crippen LogP contribution in [-0.2, 0) is 0 Å². The van der Waals surface area contributed by atoms with Crippen molar-refractivity contribution in [2.75, 3.05) is 5.32 Å². The predicted octanol–water partition coefficient (Wildman–Crippen LogP) is 2.72. The summed E-state index contributed by atoms with van der Waals surface area (Å²) in [7, 11) is 0. The van der Waals surface area contributed by atoms with E-state index in [2.05, 4.69) is 20.3 Å². The first-order valence-corrected chi connectivity index (χ1v) is 7.13. The highest BCUT2D eigenvalue weighted by Crippen LogP contribution is 2.18. The van der Waals surface area contributed by atoms with E-state index in [0.717, 1.165) is 11.3 Å². The van der Waals surface area contributed by atoms with E-state index in [1.807, 2.05) is 24.3 Å². The number of pyridine rings is 2. The third kappa shape index (κ3) is 2.97. The normalized spacial score (nSPS) is 9.95. The summed E-state index contributed by atoms with van der Waals surface area (Å²) in [6.45, 7) is 0. The lowest BCUT2D eigenvalue weighted by Gasteiger charge is -2.04. The van der Waals surface area contributed by atoms with Crippen LogP contribution in [0.5, 0.6) is 0 Å². The van der Waals surface area contributed by atoms with Gasteiger partial charge in [0.1, 0.15) is 16.6 Å². The van der Waals surface area contributed by atoms with Gasteiger partial charge in [-0.1, -0.05) is 23.5 Å². The molecule has 3 rings (SSSR count). The molecule has 0 fully saturated rings. The third-order valence-corrected chi connectivity index (χ3v) is 3.56. The number of rotatable bonds is 3. The van der Waals surface area contributed by atoms with E-state index < -0.39 is 0 Å². The lowest BCUT2D eigenvalue weighted by Crippen LogP contribution is -2.13. The molecule has 3 heterocycles. The lowest BCUT2D eigenvalue weighted by molar-refractivity contribution is 0.102.